The lowest BCUT2D eigenvalue weighted by molar-refractivity contribution is -0.122. The average molecular weight is 286 g/mol. The van der Waals surface area contributed by atoms with Crippen molar-refractivity contribution in [1.82, 2.24) is 21.3 Å². The maximum absolute atomic E-state index is 11.5. The number of rotatable bonds is 11. The largest absolute Gasteiger partial charge is 0.353 e. The van der Waals surface area contributed by atoms with Crippen molar-refractivity contribution < 1.29 is 9.59 Å². The van der Waals surface area contributed by atoms with Gasteiger partial charge in [0.2, 0.25) is 11.8 Å². The van der Waals surface area contributed by atoms with Gasteiger partial charge in [-0.3, -0.25) is 9.59 Å². The summed E-state index contributed by atoms with van der Waals surface area (Å²) in [6, 6.07) is 0.680. The highest BCUT2D eigenvalue weighted by atomic mass is 16.2. The van der Waals surface area contributed by atoms with Crippen LogP contribution in [0.3, 0.4) is 0 Å². The van der Waals surface area contributed by atoms with Gasteiger partial charge in [0.25, 0.3) is 0 Å². The molecule has 0 aliphatic heterocycles. The van der Waals surface area contributed by atoms with Gasteiger partial charge in [0.1, 0.15) is 0 Å². The number of hydrogen-bond donors (Lipinski definition) is 4. The second-order valence-electron chi connectivity index (χ2n) is 5.08. The molecule has 20 heavy (non-hydrogen) atoms. The van der Waals surface area contributed by atoms with Crippen molar-refractivity contribution in [3.05, 3.63) is 0 Å². The zero-order valence-electron chi connectivity index (χ0n) is 13.2. The molecule has 0 rings (SSSR count). The molecule has 0 aromatic carbocycles. The van der Waals surface area contributed by atoms with E-state index in [0.717, 1.165) is 12.8 Å². The molecule has 0 unspecified atom stereocenters. The fourth-order valence-corrected chi connectivity index (χ4v) is 1.35. The Labute approximate surface area is 122 Å². The molecule has 0 radical (unpaired) electrons. The van der Waals surface area contributed by atoms with E-state index >= 15 is 0 Å². The van der Waals surface area contributed by atoms with Gasteiger partial charge in [0.15, 0.2) is 0 Å². The van der Waals surface area contributed by atoms with Crippen molar-refractivity contribution in [3.63, 3.8) is 0 Å². The summed E-state index contributed by atoms with van der Waals surface area (Å²) in [6.45, 7) is 9.76. The fourth-order valence-electron chi connectivity index (χ4n) is 1.35. The Morgan fingerprint density at radius 1 is 0.800 bits per heavy atom. The zero-order chi connectivity index (χ0) is 15.4. The van der Waals surface area contributed by atoms with Crippen LogP contribution in [0, 0.1) is 0 Å². The number of amides is 2. The van der Waals surface area contributed by atoms with E-state index in [1.165, 1.54) is 0 Å². The third kappa shape index (κ3) is 10.8. The molecule has 0 heterocycles. The second-order valence-corrected chi connectivity index (χ2v) is 5.08. The van der Waals surface area contributed by atoms with Crippen molar-refractivity contribution in [2.75, 3.05) is 26.2 Å². The Kier molecular flexibility index (Phi) is 11.0. The van der Waals surface area contributed by atoms with Crippen molar-refractivity contribution in [3.8, 4) is 0 Å². The highest BCUT2D eigenvalue weighted by molar-refractivity contribution is 5.79. The van der Waals surface area contributed by atoms with Crippen LogP contribution in [0.4, 0.5) is 0 Å². The Balaban J connectivity index is 3.51. The molecule has 4 N–H and O–H groups in total. The monoisotopic (exact) mass is 286 g/mol. The third-order valence-corrected chi connectivity index (χ3v) is 3.22. The van der Waals surface area contributed by atoms with Crippen LogP contribution in [0.25, 0.3) is 0 Å². The Morgan fingerprint density at radius 2 is 1.15 bits per heavy atom. The van der Waals surface area contributed by atoms with Crippen LogP contribution in [0.1, 0.15) is 40.5 Å². The maximum atomic E-state index is 11.5. The second kappa shape index (κ2) is 11.7. The van der Waals surface area contributed by atoms with Crippen LogP contribution in [-0.2, 0) is 9.59 Å². The molecular weight excluding hydrogens is 256 g/mol. The van der Waals surface area contributed by atoms with Gasteiger partial charge in [-0.25, -0.2) is 0 Å². The predicted octanol–water partition coefficient (Wildman–Crippen LogP) is -0.00500. The SMILES string of the molecule is CC[C@@H](C)NCC(=O)NCCNC(=O)CN[C@@H](C)CC. The van der Waals surface area contributed by atoms with Crippen molar-refractivity contribution >= 4 is 11.8 Å². The number of nitrogens with one attached hydrogen (secondary N) is 4. The molecule has 0 aliphatic carbocycles. The van der Waals surface area contributed by atoms with Gasteiger partial charge in [-0.05, 0) is 26.7 Å². The Bertz CT molecular complexity index is 256. The van der Waals surface area contributed by atoms with Crippen molar-refractivity contribution in [2.45, 2.75) is 52.6 Å². The molecule has 0 aromatic heterocycles. The van der Waals surface area contributed by atoms with Gasteiger partial charge in [-0.2, -0.15) is 0 Å². The van der Waals surface area contributed by atoms with Gasteiger partial charge in [-0.1, -0.05) is 13.8 Å². The minimum Gasteiger partial charge on any atom is -0.353 e. The van der Waals surface area contributed by atoms with E-state index in [1.54, 1.807) is 0 Å². The molecule has 6 nitrogen and oxygen atoms in total. The minimum atomic E-state index is -0.0442. The highest BCUT2D eigenvalue weighted by Crippen LogP contribution is 1.86. The fraction of sp³-hybridized carbons (Fsp3) is 0.857. The van der Waals surface area contributed by atoms with E-state index in [9.17, 15) is 9.59 Å². The lowest BCUT2D eigenvalue weighted by Gasteiger charge is -2.12. The molecule has 0 saturated carbocycles. The molecule has 0 aliphatic rings. The summed E-state index contributed by atoms with van der Waals surface area (Å²) >= 11 is 0. The third-order valence-electron chi connectivity index (χ3n) is 3.22. The summed E-state index contributed by atoms with van der Waals surface area (Å²) in [6.07, 6.45) is 1.99. The molecule has 0 aromatic rings. The molecular formula is C14H30N4O2. The first-order valence-corrected chi connectivity index (χ1v) is 7.49. The van der Waals surface area contributed by atoms with Crippen molar-refractivity contribution in [2.24, 2.45) is 0 Å². The summed E-state index contributed by atoms with van der Waals surface area (Å²) in [5.74, 6) is -0.0884. The normalized spacial score (nSPS) is 13.6. The summed E-state index contributed by atoms with van der Waals surface area (Å²) in [4.78, 5) is 22.9. The van der Waals surface area contributed by atoms with E-state index in [2.05, 4.69) is 35.1 Å². The molecule has 0 spiro atoms. The number of carbonyl (C=O) groups excluding carboxylic acids is 2. The van der Waals surface area contributed by atoms with Gasteiger partial charge in [0.05, 0.1) is 13.1 Å². The lowest BCUT2D eigenvalue weighted by atomic mass is 10.2. The van der Waals surface area contributed by atoms with Crippen LogP contribution >= 0.6 is 0 Å². The Morgan fingerprint density at radius 3 is 1.45 bits per heavy atom. The number of hydrogen-bond acceptors (Lipinski definition) is 4. The number of carbonyl (C=O) groups is 2. The first-order chi connectivity index (χ1) is 9.49. The Hall–Kier alpha value is -1.14. The lowest BCUT2D eigenvalue weighted by Crippen LogP contribution is -2.43. The molecule has 0 fully saturated rings. The van der Waals surface area contributed by atoms with E-state index in [0.29, 0.717) is 38.3 Å². The van der Waals surface area contributed by atoms with E-state index in [4.69, 9.17) is 0 Å². The van der Waals surface area contributed by atoms with E-state index in [-0.39, 0.29) is 11.8 Å². The molecule has 0 bridgehead atoms. The highest BCUT2D eigenvalue weighted by Gasteiger charge is 2.05. The quantitative estimate of drug-likeness (QED) is 0.403. The van der Waals surface area contributed by atoms with Crippen LogP contribution in [-0.4, -0.2) is 50.1 Å². The molecule has 6 heteroatoms. The van der Waals surface area contributed by atoms with E-state index in [1.807, 2.05) is 13.8 Å². The molecule has 0 saturated heterocycles. The molecule has 118 valence electrons. The van der Waals surface area contributed by atoms with Gasteiger partial charge >= 0.3 is 0 Å². The smallest absolute Gasteiger partial charge is 0.234 e. The molecule has 2 atom stereocenters. The van der Waals surface area contributed by atoms with Gasteiger partial charge in [-0.15, -0.1) is 0 Å². The summed E-state index contributed by atoms with van der Waals surface area (Å²) in [7, 11) is 0. The maximum Gasteiger partial charge on any atom is 0.234 e. The van der Waals surface area contributed by atoms with Crippen molar-refractivity contribution in [1.29, 1.82) is 0 Å². The van der Waals surface area contributed by atoms with Gasteiger partial charge < -0.3 is 21.3 Å². The first-order valence-electron chi connectivity index (χ1n) is 7.49. The van der Waals surface area contributed by atoms with Crippen LogP contribution in [0.15, 0.2) is 0 Å². The average Bonchev–Trinajstić information content (AvgIpc) is 2.46. The van der Waals surface area contributed by atoms with Crippen LogP contribution < -0.4 is 21.3 Å². The first kappa shape index (κ1) is 18.9. The zero-order valence-corrected chi connectivity index (χ0v) is 13.2. The van der Waals surface area contributed by atoms with E-state index < -0.39 is 0 Å². The standard InChI is InChI=1S/C14H30N4O2/c1-5-11(3)17-9-13(19)15-7-8-16-14(20)10-18-12(4)6-2/h11-12,17-18H,5-10H2,1-4H3,(H,15,19)(H,16,20)/t11-,12+. The summed E-state index contributed by atoms with van der Waals surface area (Å²) in [5.41, 5.74) is 0. The summed E-state index contributed by atoms with van der Waals surface area (Å²) in [5, 5.41) is 11.7. The van der Waals surface area contributed by atoms with Crippen LogP contribution in [0.5, 0.6) is 0 Å². The topological polar surface area (TPSA) is 82.3 Å². The van der Waals surface area contributed by atoms with Gasteiger partial charge in [0, 0.05) is 25.2 Å². The minimum absolute atomic E-state index is 0.0442. The predicted molar refractivity (Wildman–Crippen MR) is 81.5 cm³/mol. The summed E-state index contributed by atoms with van der Waals surface area (Å²) < 4.78 is 0. The molecule has 2 amide bonds. The van der Waals surface area contributed by atoms with Crippen LogP contribution in [0.2, 0.25) is 0 Å².